The molecule has 0 aliphatic carbocycles. The van der Waals surface area contributed by atoms with Crippen LogP contribution >= 0.6 is 0 Å². The van der Waals surface area contributed by atoms with E-state index in [9.17, 15) is 14.4 Å². The van der Waals surface area contributed by atoms with Crippen LogP contribution in [0.15, 0.2) is 10.2 Å². The van der Waals surface area contributed by atoms with Gasteiger partial charge in [0.05, 0.1) is 0 Å². The molecule has 0 aromatic carbocycles. The van der Waals surface area contributed by atoms with Gasteiger partial charge in [-0.3, -0.25) is 9.59 Å². The normalized spacial score (nSPS) is 10.3. The molecule has 0 aromatic rings. The van der Waals surface area contributed by atoms with E-state index in [2.05, 4.69) is 48.8 Å². The number of nitrogens with one attached hydrogen (secondary N) is 5. The van der Waals surface area contributed by atoms with Crippen molar-refractivity contribution in [3.63, 3.8) is 0 Å². The minimum absolute atomic E-state index is 0.174. The first-order valence-electron chi connectivity index (χ1n) is 11.6. The van der Waals surface area contributed by atoms with Crippen LogP contribution in [0.25, 0.3) is 0 Å². The van der Waals surface area contributed by atoms with E-state index < -0.39 is 17.7 Å². The molecule has 13 nitrogen and oxygen atoms in total. The number of terminal acetylenes is 1. The molecule has 0 saturated carbocycles. The molecule has 0 heterocycles. The van der Waals surface area contributed by atoms with Crippen molar-refractivity contribution < 1.29 is 19.1 Å². The van der Waals surface area contributed by atoms with Gasteiger partial charge in [-0.05, 0) is 46.5 Å². The summed E-state index contributed by atoms with van der Waals surface area (Å²) in [7, 11) is 0. The fraction of sp³-hybridized carbons (Fsp3) is 0.773. The Labute approximate surface area is 208 Å². The molecule has 0 saturated heterocycles. The molecule has 0 spiro atoms. The zero-order valence-corrected chi connectivity index (χ0v) is 21.7. The van der Waals surface area contributed by atoms with Crippen molar-refractivity contribution in [2.24, 2.45) is 10.2 Å². The predicted molar refractivity (Wildman–Crippen MR) is 132 cm³/mol. The first-order chi connectivity index (χ1) is 16.7. The van der Waals surface area contributed by atoms with Crippen LogP contribution < -0.4 is 25.8 Å². The van der Waals surface area contributed by atoms with Crippen LogP contribution in [0.1, 0.15) is 73.1 Å². The molecule has 35 heavy (non-hydrogen) atoms. The van der Waals surface area contributed by atoms with Crippen molar-refractivity contribution in [1.82, 2.24) is 25.8 Å². The second kappa shape index (κ2) is 25.0. The summed E-state index contributed by atoms with van der Waals surface area (Å²) >= 11 is 0. The van der Waals surface area contributed by atoms with Gasteiger partial charge in [-0.15, -0.1) is 12.8 Å². The lowest BCUT2D eigenvalue weighted by atomic mass is 10.1. The Bertz CT molecular complexity index is 665. The number of hydrogen-bond acceptors (Lipinski definition) is 8. The lowest BCUT2D eigenvalue weighted by molar-refractivity contribution is -0.121. The highest BCUT2D eigenvalue weighted by molar-refractivity contribution is 5.77. The molecule has 0 aromatic heterocycles. The number of nitrogens with zero attached hydrogens (tertiary/aromatic N) is 4. The highest BCUT2D eigenvalue weighted by atomic mass is 16.6. The van der Waals surface area contributed by atoms with Crippen LogP contribution in [0.4, 0.5) is 4.79 Å². The molecule has 0 aliphatic heterocycles. The third-order valence-corrected chi connectivity index (χ3v) is 3.82. The van der Waals surface area contributed by atoms with E-state index in [1.54, 1.807) is 20.8 Å². The molecule has 198 valence electrons. The Morgan fingerprint density at radius 1 is 0.886 bits per heavy atom. The molecule has 0 unspecified atom stereocenters. The quantitative estimate of drug-likeness (QED) is 0.100. The Hall–Kier alpha value is -3.61. The van der Waals surface area contributed by atoms with Gasteiger partial charge in [-0.25, -0.2) is 4.79 Å². The second-order valence-electron chi connectivity index (χ2n) is 7.76. The van der Waals surface area contributed by atoms with Crippen molar-refractivity contribution in [2.75, 3.05) is 26.2 Å². The largest absolute Gasteiger partial charge is 0.444 e. The molecule has 0 rings (SSSR count). The predicted octanol–water partition coefficient (Wildman–Crippen LogP) is 2.83. The lowest BCUT2D eigenvalue weighted by Crippen LogP contribution is -2.40. The Morgan fingerprint density at radius 3 is 1.63 bits per heavy atom. The van der Waals surface area contributed by atoms with Crippen molar-refractivity contribution in [3.8, 4) is 12.8 Å². The van der Waals surface area contributed by atoms with Gasteiger partial charge in [0.2, 0.25) is 21.6 Å². The summed E-state index contributed by atoms with van der Waals surface area (Å²) in [5, 5.41) is 15.2. The Morgan fingerprint density at radius 2 is 1.29 bits per heavy atom. The van der Waals surface area contributed by atoms with Gasteiger partial charge in [0.25, 0.3) is 0 Å². The van der Waals surface area contributed by atoms with Crippen molar-refractivity contribution in [1.29, 1.82) is 11.1 Å². The van der Waals surface area contributed by atoms with E-state index in [1.807, 2.05) is 13.8 Å². The summed E-state index contributed by atoms with van der Waals surface area (Å²) in [6.07, 6.45) is 9.64. The third-order valence-electron chi connectivity index (χ3n) is 3.82. The average molecular weight is 498 g/mol. The van der Waals surface area contributed by atoms with E-state index in [-0.39, 0.29) is 24.7 Å². The molecule has 0 radical (unpaired) electrons. The van der Waals surface area contributed by atoms with Gasteiger partial charge >= 0.3 is 6.09 Å². The highest BCUT2D eigenvalue weighted by Crippen LogP contribution is 2.10. The summed E-state index contributed by atoms with van der Waals surface area (Å²) in [5.74, 6) is -0.348. The van der Waals surface area contributed by atoms with Gasteiger partial charge in [0.15, 0.2) is 0 Å². The van der Waals surface area contributed by atoms with Crippen molar-refractivity contribution >= 4 is 17.9 Å². The summed E-state index contributed by atoms with van der Waals surface area (Å²) in [4.78, 5) is 41.9. The van der Waals surface area contributed by atoms with Gasteiger partial charge in [0.1, 0.15) is 40.0 Å². The van der Waals surface area contributed by atoms with Gasteiger partial charge in [0, 0.05) is 32.0 Å². The Kier molecular flexibility index (Phi) is 25.7. The van der Waals surface area contributed by atoms with Crippen molar-refractivity contribution in [2.45, 2.75) is 84.8 Å². The van der Waals surface area contributed by atoms with Crippen LogP contribution in [-0.2, 0) is 14.3 Å². The Balaban J connectivity index is -0.00000242. The van der Waals surface area contributed by atoms with E-state index in [4.69, 9.17) is 15.8 Å². The zero-order chi connectivity index (χ0) is 27.5. The van der Waals surface area contributed by atoms with E-state index in [0.717, 1.165) is 0 Å². The number of amides is 3. The number of ether oxygens (including phenoxy) is 1. The second-order valence-corrected chi connectivity index (χ2v) is 7.76. The van der Waals surface area contributed by atoms with Gasteiger partial charge in [-0.1, -0.05) is 13.8 Å². The standard InChI is InChI=1S/C18H33N9O4.C2H6.C2H2/c1-18(2,3)31-17(30)25-14(6-8-15(28)21-10-4-12-23-26-19)7-9-16(29)22-11-5-13-24-27-20;2*1-2/h14,19-20H,4-13H2,1-3H3,(H-2,21,22,25,28,29,30);1-2H3;1-2H/p+2. The van der Waals surface area contributed by atoms with Crippen LogP contribution in [0.2, 0.25) is 0 Å². The smallest absolute Gasteiger partial charge is 0.407 e. The van der Waals surface area contributed by atoms with Crippen LogP contribution in [0.5, 0.6) is 0 Å². The average Bonchev–Trinajstić information content (AvgIpc) is 2.82. The number of alkyl carbamates (subject to hydrolysis) is 1. The molecular weight excluding hydrogens is 454 g/mol. The third kappa shape index (κ3) is 28.4. The maximum Gasteiger partial charge on any atom is 0.407 e. The van der Waals surface area contributed by atoms with E-state index in [1.165, 1.54) is 0 Å². The number of carbonyl (C=O) groups is 3. The summed E-state index contributed by atoms with van der Waals surface area (Å²) < 4.78 is 5.27. The molecular formula is C22H43N9O4+2. The minimum Gasteiger partial charge on any atom is -0.444 e. The molecule has 13 heteroatoms. The van der Waals surface area contributed by atoms with Crippen LogP contribution in [-0.4, -0.2) is 55.7 Å². The minimum atomic E-state index is -0.657. The fourth-order valence-electron chi connectivity index (χ4n) is 2.41. The molecule has 0 aliphatic rings. The number of rotatable bonds is 15. The molecule has 0 fully saturated rings. The molecule has 0 bridgehead atoms. The summed E-state index contributed by atoms with van der Waals surface area (Å²) in [5.41, 5.74) is 12.5. The zero-order valence-electron chi connectivity index (χ0n) is 21.7. The molecule has 3 amide bonds. The monoisotopic (exact) mass is 497 g/mol. The SMILES string of the molecule is C#C.CC.CC(C)(C)OC(=O)NC(CCC(=O)NCCCN=[N+]=N)CCC(=O)NCCCN=[N+]=N. The van der Waals surface area contributed by atoms with E-state index >= 15 is 0 Å². The van der Waals surface area contributed by atoms with Crippen molar-refractivity contribution in [3.05, 3.63) is 0 Å². The van der Waals surface area contributed by atoms with Crippen LogP contribution in [0.3, 0.4) is 0 Å². The number of carbonyl (C=O) groups excluding carboxylic acids is 3. The molecule has 5 N–H and O–H groups in total. The van der Waals surface area contributed by atoms with Crippen LogP contribution in [0, 0.1) is 23.9 Å². The maximum atomic E-state index is 12.1. The lowest BCUT2D eigenvalue weighted by Gasteiger charge is -2.23. The first kappa shape index (κ1) is 36.0. The summed E-state index contributed by atoms with van der Waals surface area (Å²) in [6, 6.07) is -0.402. The summed E-state index contributed by atoms with van der Waals surface area (Å²) in [6.45, 7) is 10.8. The van der Waals surface area contributed by atoms with Gasteiger partial charge in [-0.2, -0.15) is 0 Å². The highest BCUT2D eigenvalue weighted by Gasteiger charge is 2.21. The maximum absolute atomic E-state index is 12.1. The van der Waals surface area contributed by atoms with E-state index in [0.29, 0.717) is 51.9 Å². The first-order valence-corrected chi connectivity index (χ1v) is 11.6. The fourth-order valence-corrected chi connectivity index (χ4v) is 2.41. The molecule has 0 atom stereocenters. The number of hydrogen-bond donors (Lipinski definition) is 5. The van der Waals surface area contributed by atoms with Gasteiger partial charge < -0.3 is 20.7 Å². The topological polar surface area (TPSA) is 197 Å².